The fourth-order valence-corrected chi connectivity index (χ4v) is 3.49. The summed E-state index contributed by atoms with van der Waals surface area (Å²) < 4.78 is 5.16. The first-order valence-corrected chi connectivity index (χ1v) is 9.68. The fraction of sp³-hybridized carbons (Fsp3) is 0.211. The largest absolute Gasteiger partial charge is 0.494 e. The summed E-state index contributed by atoms with van der Waals surface area (Å²) in [5.74, 6) is 1.04. The Morgan fingerprint density at radius 3 is 2.54 bits per heavy atom. The molecule has 0 saturated carbocycles. The Balaban J connectivity index is 1.88. The molecular weight excluding hydrogens is 423 g/mol. The normalized spacial score (nSPS) is 15.4. The second-order valence-electron chi connectivity index (χ2n) is 6.13. The summed E-state index contributed by atoms with van der Waals surface area (Å²) in [6, 6.07) is 14.4. The standard InChI is InChI=1S/C19H15Cl3N4O2/c1-2-28-12-9-7-11(8-10-12)15-17(27)24-16-13-5-3-4-6-14(13)23-18(19(20,21)22)26(16)25-15/h3-10,18,23H,2H2,1H3/t18-/m1/s1. The second kappa shape index (κ2) is 7.28. The van der Waals surface area contributed by atoms with E-state index in [2.05, 4.69) is 15.4 Å². The van der Waals surface area contributed by atoms with E-state index >= 15 is 0 Å². The van der Waals surface area contributed by atoms with E-state index in [0.29, 0.717) is 35.0 Å². The van der Waals surface area contributed by atoms with Crippen molar-refractivity contribution in [3.05, 3.63) is 58.9 Å². The third kappa shape index (κ3) is 3.43. The van der Waals surface area contributed by atoms with Crippen LogP contribution in [0.15, 0.2) is 53.3 Å². The minimum Gasteiger partial charge on any atom is -0.494 e. The van der Waals surface area contributed by atoms with Crippen LogP contribution in [0, 0.1) is 0 Å². The summed E-state index contributed by atoms with van der Waals surface area (Å²) in [5.41, 5.74) is 1.71. The minimum atomic E-state index is -1.72. The Morgan fingerprint density at radius 2 is 1.86 bits per heavy atom. The molecule has 0 aliphatic carbocycles. The van der Waals surface area contributed by atoms with Crippen LogP contribution in [0.5, 0.6) is 5.75 Å². The zero-order valence-electron chi connectivity index (χ0n) is 14.7. The Kier molecular flexibility index (Phi) is 4.95. The molecule has 0 unspecified atom stereocenters. The molecule has 2 aromatic carbocycles. The van der Waals surface area contributed by atoms with Crippen molar-refractivity contribution in [1.82, 2.24) is 14.8 Å². The zero-order chi connectivity index (χ0) is 19.9. The van der Waals surface area contributed by atoms with Crippen LogP contribution >= 0.6 is 34.8 Å². The summed E-state index contributed by atoms with van der Waals surface area (Å²) >= 11 is 18.6. The van der Waals surface area contributed by atoms with Crippen molar-refractivity contribution in [3.63, 3.8) is 0 Å². The predicted octanol–water partition coefficient (Wildman–Crippen LogP) is 4.67. The Morgan fingerprint density at radius 1 is 1.14 bits per heavy atom. The topological polar surface area (TPSA) is 69.0 Å². The molecule has 0 radical (unpaired) electrons. The van der Waals surface area contributed by atoms with Gasteiger partial charge in [0.05, 0.1) is 6.61 Å². The van der Waals surface area contributed by atoms with E-state index in [1.54, 1.807) is 24.3 Å². The second-order valence-corrected chi connectivity index (χ2v) is 8.49. The van der Waals surface area contributed by atoms with Gasteiger partial charge in [0.15, 0.2) is 17.7 Å². The number of aromatic nitrogens is 3. The maximum absolute atomic E-state index is 12.7. The van der Waals surface area contributed by atoms with Gasteiger partial charge in [-0.05, 0) is 43.3 Å². The summed E-state index contributed by atoms with van der Waals surface area (Å²) in [6.45, 7) is 2.45. The highest BCUT2D eigenvalue weighted by Crippen LogP contribution is 2.44. The summed E-state index contributed by atoms with van der Waals surface area (Å²) in [7, 11) is 0. The molecule has 9 heteroatoms. The number of nitrogens with zero attached hydrogens (tertiary/aromatic N) is 3. The van der Waals surface area contributed by atoms with Crippen LogP contribution in [0.1, 0.15) is 13.1 Å². The number of benzene rings is 2. The van der Waals surface area contributed by atoms with E-state index < -0.39 is 15.5 Å². The number of rotatable bonds is 3. The Labute approximate surface area is 176 Å². The smallest absolute Gasteiger partial charge is 0.300 e. The van der Waals surface area contributed by atoms with E-state index in [1.807, 2.05) is 31.2 Å². The number of fused-ring (bicyclic) bond motifs is 3. The number of hydrogen-bond donors (Lipinski definition) is 1. The number of nitrogens with one attached hydrogen (secondary N) is 1. The molecule has 4 rings (SSSR count). The number of hydrogen-bond acceptors (Lipinski definition) is 5. The molecule has 0 fully saturated rings. The van der Waals surface area contributed by atoms with Gasteiger partial charge in [-0.3, -0.25) is 4.79 Å². The number of alkyl halides is 3. The van der Waals surface area contributed by atoms with Crippen LogP contribution in [0.3, 0.4) is 0 Å². The highest BCUT2D eigenvalue weighted by Gasteiger charge is 2.40. The minimum absolute atomic E-state index is 0.159. The van der Waals surface area contributed by atoms with Crippen molar-refractivity contribution in [2.75, 3.05) is 11.9 Å². The summed E-state index contributed by atoms with van der Waals surface area (Å²) in [6.07, 6.45) is -0.836. The van der Waals surface area contributed by atoms with Crippen LogP contribution in [0.4, 0.5) is 5.69 Å². The lowest BCUT2D eigenvalue weighted by Crippen LogP contribution is -2.38. The van der Waals surface area contributed by atoms with Crippen molar-refractivity contribution in [2.45, 2.75) is 16.9 Å². The molecule has 144 valence electrons. The van der Waals surface area contributed by atoms with Gasteiger partial charge in [0.1, 0.15) is 5.75 Å². The quantitative estimate of drug-likeness (QED) is 0.603. The van der Waals surface area contributed by atoms with Crippen molar-refractivity contribution < 1.29 is 4.74 Å². The number of anilines is 1. The lowest BCUT2D eigenvalue weighted by molar-refractivity contribution is 0.340. The lowest BCUT2D eigenvalue weighted by Gasteiger charge is -2.34. The van der Waals surface area contributed by atoms with Gasteiger partial charge in [-0.25, -0.2) is 4.68 Å². The van der Waals surface area contributed by atoms with Gasteiger partial charge in [-0.1, -0.05) is 46.9 Å². The van der Waals surface area contributed by atoms with Gasteiger partial charge in [0.2, 0.25) is 3.79 Å². The highest BCUT2D eigenvalue weighted by molar-refractivity contribution is 6.68. The van der Waals surface area contributed by atoms with E-state index in [4.69, 9.17) is 39.5 Å². The molecular formula is C19H15Cl3N4O2. The molecule has 1 aliphatic heterocycles. The van der Waals surface area contributed by atoms with E-state index in [9.17, 15) is 4.79 Å². The fourth-order valence-electron chi connectivity index (χ4n) is 3.05. The SMILES string of the molecule is CCOc1ccc(-c2nn3c(nc2=O)-c2ccccc2N[C@H]3C(Cl)(Cl)Cl)cc1. The Bertz CT molecular complexity index is 1080. The van der Waals surface area contributed by atoms with Crippen LogP contribution in [-0.4, -0.2) is 25.2 Å². The zero-order valence-corrected chi connectivity index (χ0v) is 17.0. The Hall–Kier alpha value is -2.28. The van der Waals surface area contributed by atoms with Gasteiger partial charge in [-0.15, -0.1) is 0 Å². The van der Waals surface area contributed by atoms with Gasteiger partial charge in [0.25, 0.3) is 5.56 Å². The van der Waals surface area contributed by atoms with Crippen LogP contribution < -0.4 is 15.6 Å². The molecule has 1 aliphatic rings. The molecule has 1 aromatic heterocycles. The highest BCUT2D eigenvalue weighted by atomic mass is 35.6. The number of para-hydroxylation sites is 1. The van der Waals surface area contributed by atoms with E-state index in [-0.39, 0.29) is 5.69 Å². The predicted molar refractivity (Wildman–Crippen MR) is 111 cm³/mol. The average molecular weight is 438 g/mol. The number of halogens is 3. The molecule has 2 heterocycles. The van der Waals surface area contributed by atoms with Crippen molar-refractivity contribution in [1.29, 1.82) is 0 Å². The molecule has 1 atom stereocenters. The third-order valence-corrected chi connectivity index (χ3v) is 4.91. The monoisotopic (exact) mass is 436 g/mol. The van der Waals surface area contributed by atoms with E-state index in [1.165, 1.54) is 4.68 Å². The first-order chi connectivity index (χ1) is 13.4. The molecule has 0 spiro atoms. The van der Waals surface area contributed by atoms with Crippen LogP contribution in [0.25, 0.3) is 22.6 Å². The van der Waals surface area contributed by atoms with Gasteiger partial charge in [-0.2, -0.15) is 10.1 Å². The number of ether oxygens (including phenoxy) is 1. The van der Waals surface area contributed by atoms with E-state index in [0.717, 1.165) is 0 Å². The maximum Gasteiger partial charge on any atom is 0.300 e. The van der Waals surface area contributed by atoms with Gasteiger partial charge in [0, 0.05) is 16.8 Å². The first-order valence-electron chi connectivity index (χ1n) is 8.55. The third-order valence-electron chi connectivity index (χ3n) is 4.29. The molecule has 1 N–H and O–H groups in total. The molecule has 28 heavy (non-hydrogen) atoms. The maximum atomic E-state index is 12.7. The van der Waals surface area contributed by atoms with Crippen molar-refractivity contribution in [3.8, 4) is 28.4 Å². The summed E-state index contributed by atoms with van der Waals surface area (Å²) in [4.78, 5) is 17.0. The molecule has 0 amide bonds. The van der Waals surface area contributed by atoms with Crippen LogP contribution in [0.2, 0.25) is 0 Å². The molecule has 3 aromatic rings. The van der Waals surface area contributed by atoms with Gasteiger partial charge >= 0.3 is 0 Å². The summed E-state index contributed by atoms with van der Waals surface area (Å²) in [5, 5.41) is 7.65. The van der Waals surface area contributed by atoms with Crippen LogP contribution in [-0.2, 0) is 0 Å². The lowest BCUT2D eigenvalue weighted by atomic mass is 10.1. The first kappa shape index (κ1) is 19.1. The van der Waals surface area contributed by atoms with Crippen molar-refractivity contribution >= 4 is 40.5 Å². The molecule has 0 saturated heterocycles. The molecule has 6 nitrogen and oxygen atoms in total. The average Bonchev–Trinajstić information content (AvgIpc) is 2.67. The molecule has 0 bridgehead atoms. The van der Waals surface area contributed by atoms with Crippen molar-refractivity contribution in [2.24, 2.45) is 0 Å². The van der Waals surface area contributed by atoms with Gasteiger partial charge < -0.3 is 10.1 Å².